The summed E-state index contributed by atoms with van der Waals surface area (Å²) in [7, 11) is -0.868. The fourth-order valence-electron chi connectivity index (χ4n) is 3.54. The molecule has 1 aromatic carbocycles. The van der Waals surface area contributed by atoms with Gasteiger partial charge in [0.2, 0.25) is 10.0 Å². The van der Waals surface area contributed by atoms with Crippen LogP contribution in [0.4, 0.5) is 0 Å². The zero-order chi connectivity index (χ0) is 17.5. The van der Waals surface area contributed by atoms with Gasteiger partial charge in [-0.25, -0.2) is 8.42 Å². The quantitative estimate of drug-likeness (QED) is 0.757. The molecule has 3 rings (SSSR count). The minimum atomic E-state index is -3.69. The first-order valence-electron chi connectivity index (χ1n) is 7.75. The van der Waals surface area contributed by atoms with Crippen LogP contribution >= 0.6 is 11.6 Å². The summed E-state index contributed by atoms with van der Waals surface area (Å²) in [5.41, 5.74) is -0.0858. The molecule has 1 saturated heterocycles. The maximum atomic E-state index is 12.9. The average Bonchev–Trinajstić information content (AvgIpc) is 3.27. The lowest BCUT2D eigenvalue weighted by molar-refractivity contribution is -0.143. The third-order valence-electron chi connectivity index (χ3n) is 5.14. The van der Waals surface area contributed by atoms with Crippen LogP contribution in [0, 0.1) is 11.3 Å². The molecular weight excluding hydrogens is 354 g/mol. The molecule has 1 atom stereocenters. The normalized spacial score (nSPS) is 23.0. The van der Waals surface area contributed by atoms with Crippen molar-refractivity contribution in [2.45, 2.75) is 24.2 Å². The predicted octanol–water partition coefficient (Wildman–Crippen LogP) is 2.31. The van der Waals surface area contributed by atoms with E-state index in [0.717, 1.165) is 6.42 Å². The summed E-state index contributed by atoms with van der Waals surface area (Å²) in [5.74, 6) is -0.00516. The second-order valence-corrected chi connectivity index (χ2v) is 8.68. The number of carbonyl (C=O) groups excluding carboxylic acids is 1. The zero-order valence-corrected chi connectivity index (χ0v) is 15.2. The highest BCUT2D eigenvalue weighted by molar-refractivity contribution is 7.89. The fraction of sp³-hybridized carbons (Fsp3) is 0.562. The van der Waals surface area contributed by atoms with Gasteiger partial charge in [0, 0.05) is 18.1 Å². The monoisotopic (exact) mass is 373 g/mol. The molecule has 0 radical (unpaired) electrons. The number of nitrogens with zero attached hydrogens (tertiary/aromatic N) is 1. The van der Waals surface area contributed by atoms with Crippen molar-refractivity contribution >= 4 is 27.6 Å². The van der Waals surface area contributed by atoms with E-state index in [2.05, 4.69) is 0 Å². The van der Waals surface area contributed by atoms with Gasteiger partial charge in [-0.05, 0) is 42.9 Å². The molecule has 8 heteroatoms. The van der Waals surface area contributed by atoms with Crippen LogP contribution in [0.25, 0.3) is 0 Å². The van der Waals surface area contributed by atoms with Gasteiger partial charge in [-0.1, -0.05) is 11.6 Å². The number of ether oxygens (including phenoxy) is 2. The third-order valence-corrected chi connectivity index (χ3v) is 7.29. The van der Waals surface area contributed by atoms with Crippen molar-refractivity contribution < 1.29 is 22.7 Å². The van der Waals surface area contributed by atoms with Crippen LogP contribution in [-0.4, -0.2) is 46.0 Å². The highest BCUT2D eigenvalue weighted by atomic mass is 35.5. The molecule has 0 bridgehead atoms. The van der Waals surface area contributed by atoms with Crippen LogP contribution < -0.4 is 4.74 Å². The highest BCUT2D eigenvalue weighted by Gasteiger charge is 2.60. The first-order chi connectivity index (χ1) is 11.3. The minimum Gasteiger partial charge on any atom is -0.495 e. The van der Waals surface area contributed by atoms with Gasteiger partial charge >= 0.3 is 5.97 Å². The number of carbonyl (C=O) groups is 1. The van der Waals surface area contributed by atoms with Crippen LogP contribution in [0.2, 0.25) is 5.02 Å². The lowest BCUT2D eigenvalue weighted by Gasteiger charge is -2.32. The molecule has 24 heavy (non-hydrogen) atoms. The fourth-order valence-corrected chi connectivity index (χ4v) is 5.40. The van der Waals surface area contributed by atoms with Crippen LogP contribution in [-0.2, 0) is 19.6 Å². The average molecular weight is 374 g/mol. The molecule has 1 heterocycles. The SMILES string of the molecule is COC(=O)[C@@H]1CC12CCN(S(=O)(=O)c1cc(Cl)ccc1OC)CC2. The van der Waals surface area contributed by atoms with Gasteiger partial charge in [-0.15, -0.1) is 0 Å². The molecule has 6 nitrogen and oxygen atoms in total. The lowest BCUT2D eigenvalue weighted by atomic mass is 9.92. The number of benzene rings is 1. The van der Waals surface area contributed by atoms with Crippen molar-refractivity contribution in [3.63, 3.8) is 0 Å². The van der Waals surface area contributed by atoms with Gasteiger partial charge in [0.25, 0.3) is 0 Å². The van der Waals surface area contributed by atoms with E-state index >= 15 is 0 Å². The topological polar surface area (TPSA) is 72.9 Å². The summed E-state index contributed by atoms with van der Waals surface area (Å²) in [5, 5.41) is 0.343. The van der Waals surface area contributed by atoms with E-state index in [4.69, 9.17) is 21.1 Å². The van der Waals surface area contributed by atoms with Crippen LogP contribution in [0.1, 0.15) is 19.3 Å². The standard InChI is InChI=1S/C16H20ClNO5S/c1-22-13-4-3-11(17)9-14(13)24(20,21)18-7-5-16(6-8-18)10-12(16)15(19)23-2/h3-4,9,12H,5-8,10H2,1-2H3/t12-/m0/s1. The van der Waals surface area contributed by atoms with Crippen LogP contribution in [0.5, 0.6) is 5.75 Å². The van der Waals surface area contributed by atoms with Crippen LogP contribution in [0.15, 0.2) is 23.1 Å². The Morgan fingerprint density at radius 1 is 1.29 bits per heavy atom. The van der Waals surface area contributed by atoms with Gasteiger partial charge in [0.05, 0.1) is 20.1 Å². The van der Waals surface area contributed by atoms with Gasteiger partial charge < -0.3 is 9.47 Å². The summed E-state index contributed by atoms with van der Waals surface area (Å²) in [4.78, 5) is 11.8. The first kappa shape index (κ1) is 17.5. The van der Waals surface area contributed by atoms with E-state index in [1.807, 2.05) is 0 Å². The largest absolute Gasteiger partial charge is 0.495 e. The molecule has 1 aliphatic carbocycles. The number of esters is 1. The second-order valence-electron chi connectivity index (χ2n) is 6.34. The molecule has 132 valence electrons. The molecule has 2 aliphatic rings. The van der Waals surface area contributed by atoms with Gasteiger partial charge in [-0.3, -0.25) is 4.79 Å². The second kappa shape index (κ2) is 6.20. The maximum absolute atomic E-state index is 12.9. The molecule has 0 N–H and O–H groups in total. The molecule has 1 saturated carbocycles. The van der Waals surface area contributed by atoms with Crippen molar-refractivity contribution in [2.75, 3.05) is 27.3 Å². The van der Waals surface area contributed by atoms with Crippen molar-refractivity contribution in [3.8, 4) is 5.75 Å². The Balaban J connectivity index is 1.77. The smallest absolute Gasteiger partial charge is 0.309 e. The third kappa shape index (κ3) is 2.89. The van der Waals surface area contributed by atoms with E-state index in [-0.39, 0.29) is 27.9 Å². The number of piperidine rings is 1. The Hall–Kier alpha value is -1.31. The van der Waals surface area contributed by atoms with Crippen molar-refractivity contribution in [1.29, 1.82) is 0 Å². The van der Waals surface area contributed by atoms with Crippen LogP contribution in [0.3, 0.4) is 0 Å². The molecule has 1 aromatic rings. The molecule has 0 amide bonds. The Kier molecular flexibility index (Phi) is 4.53. The molecule has 1 spiro atoms. The molecule has 1 aliphatic heterocycles. The number of halogens is 1. The van der Waals surface area contributed by atoms with Gasteiger partial charge in [-0.2, -0.15) is 4.31 Å². The molecule has 0 unspecified atom stereocenters. The van der Waals surface area contributed by atoms with Crippen molar-refractivity contribution in [2.24, 2.45) is 11.3 Å². The molecule has 2 fully saturated rings. The van der Waals surface area contributed by atoms with Gasteiger partial charge in [0.15, 0.2) is 0 Å². The summed E-state index contributed by atoms with van der Waals surface area (Å²) >= 11 is 5.95. The van der Waals surface area contributed by atoms with Crippen molar-refractivity contribution in [1.82, 2.24) is 4.31 Å². The maximum Gasteiger partial charge on any atom is 0.309 e. The Morgan fingerprint density at radius 3 is 2.54 bits per heavy atom. The van der Waals surface area contributed by atoms with E-state index < -0.39 is 10.0 Å². The predicted molar refractivity (Wildman–Crippen MR) is 88.6 cm³/mol. The summed E-state index contributed by atoms with van der Waals surface area (Å²) in [6.07, 6.45) is 2.11. The zero-order valence-electron chi connectivity index (χ0n) is 13.6. The van der Waals surface area contributed by atoms with E-state index in [1.165, 1.54) is 24.6 Å². The molecule has 0 aromatic heterocycles. The Morgan fingerprint density at radius 2 is 1.96 bits per heavy atom. The number of rotatable bonds is 4. The summed E-state index contributed by atoms with van der Waals surface area (Å²) < 4.78 is 37.3. The highest BCUT2D eigenvalue weighted by Crippen LogP contribution is 2.60. The number of hydrogen-bond donors (Lipinski definition) is 0. The summed E-state index contributed by atoms with van der Waals surface area (Å²) in [6, 6.07) is 4.55. The summed E-state index contributed by atoms with van der Waals surface area (Å²) in [6.45, 7) is 0.761. The van der Waals surface area contributed by atoms with Gasteiger partial charge in [0.1, 0.15) is 10.6 Å². The lowest BCUT2D eigenvalue weighted by Crippen LogP contribution is -2.40. The first-order valence-corrected chi connectivity index (χ1v) is 9.57. The number of hydrogen-bond acceptors (Lipinski definition) is 5. The van der Waals surface area contributed by atoms with Crippen molar-refractivity contribution in [3.05, 3.63) is 23.2 Å². The minimum absolute atomic E-state index is 0.0776. The van der Waals surface area contributed by atoms with E-state index in [0.29, 0.717) is 31.0 Å². The Labute approximate surface area is 146 Å². The Bertz CT molecular complexity index is 756. The molecular formula is C16H20ClNO5S. The van der Waals surface area contributed by atoms with E-state index in [9.17, 15) is 13.2 Å². The number of methoxy groups -OCH3 is 2. The number of sulfonamides is 1. The van der Waals surface area contributed by atoms with E-state index in [1.54, 1.807) is 12.1 Å².